The Labute approximate surface area is 193 Å². The molecule has 2 heterocycles. The predicted molar refractivity (Wildman–Crippen MR) is 126 cm³/mol. The molecule has 1 aliphatic rings. The average Bonchev–Trinajstić information content (AvgIpc) is 3.10. The summed E-state index contributed by atoms with van der Waals surface area (Å²) < 4.78 is 26.9. The van der Waals surface area contributed by atoms with Gasteiger partial charge in [0, 0.05) is 44.5 Å². The molecule has 29 heavy (non-hydrogen) atoms. The Morgan fingerprint density at radius 2 is 2.10 bits per heavy atom. The van der Waals surface area contributed by atoms with Crippen LogP contribution in [-0.2, 0) is 29.4 Å². The number of aromatic nitrogens is 2. The number of fused-ring (bicyclic) bond motifs is 1. The van der Waals surface area contributed by atoms with Crippen molar-refractivity contribution in [3.05, 3.63) is 40.1 Å². The van der Waals surface area contributed by atoms with Gasteiger partial charge in [0.25, 0.3) is 0 Å². The smallest absolute Gasteiger partial charge is 0.242 e. The molecule has 0 spiro atoms. The lowest BCUT2D eigenvalue weighted by atomic mass is 10.0. The molecule has 2 aromatic heterocycles. The number of guanidine groups is 1. The minimum Gasteiger partial charge on any atom is -0.355 e. The van der Waals surface area contributed by atoms with Crippen LogP contribution in [0.3, 0.4) is 0 Å². The maximum absolute atomic E-state index is 12.2. The molecule has 0 fully saturated rings. The van der Waals surface area contributed by atoms with E-state index in [1.165, 1.54) is 35.7 Å². The number of aryl methyl sites for hydroxylation is 2. The summed E-state index contributed by atoms with van der Waals surface area (Å²) >= 11 is 1.79. The molecule has 0 aliphatic heterocycles. The molecule has 0 saturated heterocycles. The van der Waals surface area contributed by atoms with Crippen LogP contribution >= 0.6 is 35.3 Å². The quantitative estimate of drug-likeness (QED) is 0.237. The van der Waals surface area contributed by atoms with Crippen molar-refractivity contribution in [3.8, 4) is 0 Å². The van der Waals surface area contributed by atoms with Crippen molar-refractivity contribution >= 4 is 51.3 Å². The number of nitrogens with zero attached hydrogens (tertiary/aromatic N) is 4. The van der Waals surface area contributed by atoms with Crippen LogP contribution in [0, 0.1) is 0 Å². The number of aliphatic imine (C=N–C) groups is 1. The van der Waals surface area contributed by atoms with Gasteiger partial charge in [-0.1, -0.05) is 0 Å². The zero-order valence-corrected chi connectivity index (χ0v) is 20.6. The Hall–Kier alpha value is -1.31. The summed E-state index contributed by atoms with van der Waals surface area (Å²) in [5.74, 6) is 0.703. The van der Waals surface area contributed by atoms with E-state index in [2.05, 4.69) is 20.0 Å². The highest BCUT2D eigenvalue weighted by Gasteiger charge is 2.17. The van der Waals surface area contributed by atoms with Gasteiger partial charge in [-0.05, 0) is 37.8 Å². The first-order chi connectivity index (χ1) is 13.5. The Balaban J connectivity index is 0.00000300. The van der Waals surface area contributed by atoms with Gasteiger partial charge in [0.15, 0.2) is 5.96 Å². The second-order valence-electron chi connectivity index (χ2n) is 6.60. The van der Waals surface area contributed by atoms with Gasteiger partial charge in [-0.15, -0.1) is 35.3 Å². The number of thiazole rings is 1. The fraction of sp³-hybridized carbons (Fsp3) is 0.500. The van der Waals surface area contributed by atoms with E-state index < -0.39 is 10.0 Å². The predicted octanol–water partition coefficient (Wildman–Crippen LogP) is 2.02. The van der Waals surface area contributed by atoms with Crippen LogP contribution in [0.25, 0.3) is 0 Å². The van der Waals surface area contributed by atoms with Gasteiger partial charge in [-0.25, -0.2) is 18.1 Å². The maximum atomic E-state index is 12.2. The van der Waals surface area contributed by atoms with Gasteiger partial charge < -0.3 is 10.2 Å². The van der Waals surface area contributed by atoms with E-state index in [0.29, 0.717) is 19.0 Å². The average molecular weight is 550 g/mol. The third-order valence-electron chi connectivity index (χ3n) is 4.48. The molecule has 0 aromatic carbocycles. The fourth-order valence-electron chi connectivity index (χ4n) is 3.08. The highest BCUT2D eigenvalue weighted by atomic mass is 127. The van der Waals surface area contributed by atoms with Gasteiger partial charge in [-0.3, -0.25) is 9.98 Å². The first kappa shape index (κ1) is 24.0. The van der Waals surface area contributed by atoms with Crippen LogP contribution in [0.15, 0.2) is 34.4 Å². The van der Waals surface area contributed by atoms with E-state index in [4.69, 9.17) is 4.98 Å². The van der Waals surface area contributed by atoms with E-state index in [-0.39, 0.29) is 35.4 Å². The molecule has 1 aliphatic carbocycles. The van der Waals surface area contributed by atoms with Gasteiger partial charge in [0.1, 0.15) is 9.90 Å². The normalized spacial score (nSPS) is 14.1. The SMILES string of the molecule is CN=C(NCCNS(=O)(=O)c1cccnc1)N(C)Cc1nc2c(s1)CCCC2.I. The third kappa shape index (κ3) is 6.59. The molecule has 0 radical (unpaired) electrons. The van der Waals surface area contributed by atoms with Crippen molar-refractivity contribution < 1.29 is 8.42 Å². The minimum atomic E-state index is -3.55. The van der Waals surface area contributed by atoms with Gasteiger partial charge >= 0.3 is 0 Å². The number of sulfonamides is 1. The molecule has 2 N–H and O–H groups in total. The van der Waals surface area contributed by atoms with E-state index in [1.54, 1.807) is 30.6 Å². The molecular formula is C18H27IN6O2S2. The van der Waals surface area contributed by atoms with Crippen molar-refractivity contribution in [2.45, 2.75) is 37.1 Å². The molecule has 8 nitrogen and oxygen atoms in total. The molecular weight excluding hydrogens is 523 g/mol. The molecule has 0 atom stereocenters. The summed E-state index contributed by atoms with van der Waals surface area (Å²) in [5.41, 5.74) is 1.26. The molecule has 3 rings (SSSR count). The van der Waals surface area contributed by atoms with Crippen LogP contribution in [0.2, 0.25) is 0 Å². The van der Waals surface area contributed by atoms with E-state index >= 15 is 0 Å². The lowest BCUT2D eigenvalue weighted by molar-refractivity contribution is 0.474. The number of nitrogens with one attached hydrogen (secondary N) is 2. The zero-order chi connectivity index (χ0) is 20.0. The molecule has 11 heteroatoms. The number of pyridine rings is 1. The highest BCUT2D eigenvalue weighted by molar-refractivity contribution is 14.0. The third-order valence-corrected chi connectivity index (χ3v) is 7.07. The second-order valence-corrected chi connectivity index (χ2v) is 9.54. The van der Waals surface area contributed by atoms with E-state index in [9.17, 15) is 8.42 Å². The molecule has 2 aromatic rings. The molecule has 0 amide bonds. The first-order valence-electron chi connectivity index (χ1n) is 9.28. The standard InChI is InChI=1S/C18H26N6O2S2.HI/c1-19-18(21-10-11-22-28(25,26)14-6-5-9-20-12-14)24(2)13-17-23-15-7-3-4-8-16(15)27-17;/h5-6,9,12,22H,3-4,7-8,10-11,13H2,1-2H3,(H,19,21);1H. The van der Waals surface area contributed by atoms with Crippen LogP contribution in [0.4, 0.5) is 0 Å². The van der Waals surface area contributed by atoms with Crippen molar-refractivity contribution in [2.75, 3.05) is 27.2 Å². The minimum absolute atomic E-state index is 0. The summed E-state index contributed by atoms with van der Waals surface area (Å²) in [5, 5.41) is 4.28. The molecule has 0 unspecified atom stereocenters. The zero-order valence-electron chi connectivity index (χ0n) is 16.6. The monoisotopic (exact) mass is 550 g/mol. The van der Waals surface area contributed by atoms with Crippen LogP contribution in [-0.4, -0.2) is 56.4 Å². The van der Waals surface area contributed by atoms with Crippen LogP contribution < -0.4 is 10.0 Å². The van der Waals surface area contributed by atoms with Crippen LogP contribution in [0.1, 0.15) is 28.4 Å². The van der Waals surface area contributed by atoms with Crippen molar-refractivity contribution in [2.24, 2.45) is 4.99 Å². The Kier molecular flexibility index (Phi) is 9.24. The molecule has 0 bridgehead atoms. The highest BCUT2D eigenvalue weighted by Crippen LogP contribution is 2.27. The van der Waals surface area contributed by atoms with Crippen molar-refractivity contribution in [1.82, 2.24) is 24.9 Å². The second kappa shape index (κ2) is 11.2. The topological polar surface area (TPSA) is 99.6 Å². The lowest BCUT2D eigenvalue weighted by Crippen LogP contribution is -2.42. The maximum Gasteiger partial charge on any atom is 0.242 e. The number of rotatable bonds is 7. The summed E-state index contributed by atoms with van der Waals surface area (Å²) in [4.78, 5) is 16.5. The Morgan fingerprint density at radius 1 is 1.31 bits per heavy atom. The summed E-state index contributed by atoms with van der Waals surface area (Å²) in [6, 6.07) is 3.11. The Bertz CT molecular complexity index is 894. The van der Waals surface area contributed by atoms with Crippen molar-refractivity contribution in [3.63, 3.8) is 0 Å². The van der Waals surface area contributed by atoms with Gasteiger partial charge in [0.2, 0.25) is 10.0 Å². The van der Waals surface area contributed by atoms with Crippen LogP contribution in [0.5, 0.6) is 0 Å². The van der Waals surface area contributed by atoms with Gasteiger partial charge in [0.05, 0.1) is 12.2 Å². The first-order valence-corrected chi connectivity index (χ1v) is 11.6. The lowest BCUT2D eigenvalue weighted by Gasteiger charge is -2.21. The Morgan fingerprint density at radius 3 is 2.79 bits per heavy atom. The number of halogens is 1. The van der Waals surface area contributed by atoms with Crippen molar-refractivity contribution in [1.29, 1.82) is 0 Å². The fourth-order valence-corrected chi connectivity index (χ4v) is 5.29. The summed E-state index contributed by atoms with van der Waals surface area (Å²) in [6.07, 6.45) is 7.57. The van der Waals surface area contributed by atoms with E-state index in [0.717, 1.165) is 17.8 Å². The number of hydrogen-bond acceptors (Lipinski definition) is 6. The van der Waals surface area contributed by atoms with Gasteiger partial charge in [-0.2, -0.15) is 0 Å². The van der Waals surface area contributed by atoms with E-state index in [1.807, 2.05) is 11.9 Å². The summed E-state index contributed by atoms with van der Waals surface area (Å²) in [7, 11) is 0.118. The number of hydrogen-bond donors (Lipinski definition) is 2. The molecule has 0 saturated carbocycles. The summed E-state index contributed by atoms with van der Waals surface area (Å²) in [6.45, 7) is 1.35. The largest absolute Gasteiger partial charge is 0.355 e. The molecule has 160 valence electrons.